The van der Waals surface area contributed by atoms with Gasteiger partial charge in [-0.05, 0) is 18.2 Å². The first-order valence-corrected chi connectivity index (χ1v) is 7.12. The molecule has 0 unspecified atom stereocenters. The van der Waals surface area contributed by atoms with E-state index in [-0.39, 0.29) is 5.69 Å². The first-order valence-electron chi connectivity index (χ1n) is 7.12. The summed E-state index contributed by atoms with van der Waals surface area (Å²) in [5.74, 6) is -6.34. The number of nitrogens with two attached hydrogens (primary N) is 1. The van der Waals surface area contributed by atoms with E-state index < -0.39 is 28.8 Å². The van der Waals surface area contributed by atoms with Crippen molar-refractivity contribution in [2.24, 2.45) is 4.99 Å². The third-order valence-electron chi connectivity index (χ3n) is 3.47. The molecular weight excluding hydrogens is 336 g/mol. The molecule has 0 radical (unpaired) electrons. The quantitative estimate of drug-likeness (QED) is 0.381. The average molecular weight is 347 g/mol. The Bertz CT molecular complexity index is 948. The van der Waals surface area contributed by atoms with Crippen molar-refractivity contribution >= 4 is 11.9 Å². The van der Waals surface area contributed by atoms with E-state index in [2.05, 4.69) is 9.98 Å². The standard InChI is InChI=1S/C17H10F4N4/c18-11-8-10(14(19)16(21)15(11)20)17-9(2-1-6-24-17)12-4-7-23-13(25-12)3-5-22/h1-8,22-23H/p+1/b13-3+,22-5?. The summed E-state index contributed by atoms with van der Waals surface area (Å²) in [5, 5.41) is 8.74. The van der Waals surface area contributed by atoms with E-state index in [1.165, 1.54) is 12.3 Å². The van der Waals surface area contributed by atoms with E-state index in [0.717, 1.165) is 6.21 Å². The molecule has 25 heavy (non-hydrogen) atoms. The fraction of sp³-hybridized carbons (Fsp3) is 0. The van der Waals surface area contributed by atoms with Gasteiger partial charge in [-0.2, -0.15) is 4.99 Å². The molecule has 1 aromatic carbocycles. The maximum Gasteiger partial charge on any atom is 0.230 e. The van der Waals surface area contributed by atoms with Gasteiger partial charge >= 0.3 is 0 Å². The first-order chi connectivity index (χ1) is 12.0. The lowest BCUT2D eigenvalue weighted by Gasteiger charge is -2.12. The summed E-state index contributed by atoms with van der Waals surface area (Å²) >= 11 is 0. The van der Waals surface area contributed by atoms with Crippen LogP contribution in [0.1, 0.15) is 5.56 Å². The molecule has 0 saturated carbocycles. The number of pyridine rings is 1. The number of nitrogens with one attached hydrogen (secondary N) is 1. The molecule has 0 spiro atoms. The van der Waals surface area contributed by atoms with Crippen LogP contribution in [0.4, 0.5) is 17.6 Å². The predicted octanol–water partition coefficient (Wildman–Crippen LogP) is 2.68. The molecule has 1 aliphatic rings. The van der Waals surface area contributed by atoms with E-state index in [1.807, 2.05) is 0 Å². The van der Waals surface area contributed by atoms with Gasteiger partial charge in [0.15, 0.2) is 23.3 Å². The van der Waals surface area contributed by atoms with Crippen molar-refractivity contribution in [2.75, 3.05) is 0 Å². The zero-order chi connectivity index (χ0) is 18.0. The Morgan fingerprint density at radius 3 is 2.60 bits per heavy atom. The Hall–Kier alpha value is -3.13. The predicted molar refractivity (Wildman–Crippen MR) is 84.0 cm³/mol. The zero-order valence-corrected chi connectivity index (χ0v) is 12.6. The molecular formula is C17H11F4N4+. The molecule has 8 heteroatoms. The van der Waals surface area contributed by atoms with Crippen LogP contribution in [-0.2, 0) is 0 Å². The highest BCUT2D eigenvalue weighted by Gasteiger charge is 2.23. The number of aliphatic imine (C=N–C) groups is 1. The van der Waals surface area contributed by atoms with E-state index in [9.17, 15) is 17.6 Å². The highest BCUT2D eigenvalue weighted by molar-refractivity contribution is 6.12. The number of nitrogens with zero attached hydrogens (tertiary/aromatic N) is 2. The fourth-order valence-electron chi connectivity index (χ4n) is 2.35. The highest BCUT2D eigenvalue weighted by Crippen LogP contribution is 2.29. The van der Waals surface area contributed by atoms with Gasteiger partial charge in [-0.1, -0.05) is 0 Å². The monoisotopic (exact) mass is 347 g/mol. The molecule has 0 aliphatic carbocycles. The Kier molecular flexibility index (Phi) is 4.53. The summed E-state index contributed by atoms with van der Waals surface area (Å²) in [6.07, 6.45) is 7.09. The van der Waals surface area contributed by atoms with Crippen LogP contribution in [0.2, 0.25) is 0 Å². The van der Waals surface area contributed by atoms with E-state index in [0.29, 0.717) is 23.2 Å². The Morgan fingerprint density at radius 2 is 1.84 bits per heavy atom. The van der Waals surface area contributed by atoms with Crippen molar-refractivity contribution in [3.63, 3.8) is 0 Å². The van der Waals surface area contributed by atoms with Gasteiger partial charge < -0.3 is 5.41 Å². The molecule has 3 N–H and O–H groups in total. The molecule has 0 fully saturated rings. The molecule has 3 rings (SSSR count). The third-order valence-corrected chi connectivity index (χ3v) is 3.47. The van der Waals surface area contributed by atoms with Crippen LogP contribution in [0.15, 0.2) is 53.6 Å². The maximum atomic E-state index is 14.1. The van der Waals surface area contributed by atoms with Crippen molar-refractivity contribution in [3.05, 3.63) is 77.4 Å². The van der Waals surface area contributed by atoms with Crippen LogP contribution in [0.25, 0.3) is 11.3 Å². The molecule has 0 atom stereocenters. The number of quaternary nitrogens is 1. The molecule has 2 heterocycles. The van der Waals surface area contributed by atoms with E-state index >= 15 is 0 Å². The van der Waals surface area contributed by atoms with Crippen molar-refractivity contribution < 1.29 is 22.9 Å². The van der Waals surface area contributed by atoms with Gasteiger partial charge in [0.25, 0.3) is 0 Å². The van der Waals surface area contributed by atoms with Crippen LogP contribution in [-0.4, -0.2) is 16.9 Å². The summed E-state index contributed by atoms with van der Waals surface area (Å²) in [7, 11) is 0. The Labute approximate surface area is 139 Å². The third kappa shape index (κ3) is 3.11. The summed E-state index contributed by atoms with van der Waals surface area (Å²) < 4.78 is 54.5. The van der Waals surface area contributed by atoms with Crippen molar-refractivity contribution in [3.8, 4) is 11.3 Å². The van der Waals surface area contributed by atoms with E-state index in [1.54, 1.807) is 29.7 Å². The molecule has 0 bridgehead atoms. The molecule has 4 nitrogen and oxygen atoms in total. The second kappa shape index (κ2) is 6.78. The highest BCUT2D eigenvalue weighted by atomic mass is 19.2. The number of hydrogen-bond acceptors (Lipinski definition) is 3. The molecule has 0 saturated heterocycles. The average Bonchev–Trinajstić information content (AvgIpc) is 2.63. The van der Waals surface area contributed by atoms with Gasteiger partial charge in [0.05, 0.1) is 11.4 Å². The van der Waals surface area contributed by atoms with Crippen molar-refractivity contribution in [1.29, 1.82) is 5.41 Å². The van der Waals surface area contributed by atoms with Gasteiger partial charge in [-0.15, -0.1) is 0 Å². The minimum atomic E-state index is -1.90. The van der Waals surface area contributed by atoms with Crippen LogP contribution < -0.4 is 5.32 Å². The Morgan fingerprint density at radius 1 is 1.04 bits per heavy atom. The number of hydrogen-bond donors (Lipinski definition) is 2. The van der Waals surface area contributed by atoms with Gasteiger partial charge in [0, 0.05) is 35.7 Å². The molecule has 1 aliphatic heterocycles. The number of allylic oxidation sites excluding steroid dienone is 2. The topological polar surface area (TPSA) is 65.7 Å². The van der Waals surface area contributed by atoms with Crippen LogP contribution in [0.3, 0.4) is 0 Å². The van der Waals surface area contributed by atoms with Gasteiger partial charge in [0.1, 0.15) is 6.20 Å². The first kappa shape index (κ1) is 16.7. The SMILES string of the molecule is N=C/C=C1/N=C(c2cccnc2-c2cc(F)c(F)c(F)c2F)C=C[NH2+]1. The minimum absolute atomic E-state index is 0.0719. The fourth-order valence-corrected chi connectivity index (χ4v) is 2.35. The van der Waals surface area contributed by atoms with Crippen molar-refractivity contribution in [1.82, 2.24) is 4.98 Å². The summed E-state index contributed by atoms with van der Waals surface area (Å²) in [6, 6.07) is 3.67. The van der Waals surface area contributed by atoms with Gasteiger partial charge in [-0.3, -0.25) is 10.3 Å². The number of benzene rings is 1. The second-order valence-electron chi connectivity index (χ2n) is 5.03. The van der Waals surface area contributed by atoms with Crippen LogP contribution >= 0.6 is 0 Å². The van der Waals surface area contributed by atoms with Crippen LogP contribution in [0, 0.1) is 28.7 Å². The summed E-state index contributed by atoms with van der Waals surface area (Å²) in [5.41, 5.74) is 0.0998. The largest absolute Gasteiger partial charge is 0.308 e. The Balaban J connectivity index is 2.20. The van der Waals surface area contributed by atoms with Crippen LogP contribution in [0.5, 0.6) is 0 Å². The normalized spacial score (nSPS) is 15.4. The maximum absolute atomic E-state index is 14.1. The summed E-state index contributed by atoms with van der Waals surface area (Å²) in [4.78, 5) is 8.26. The lowest BCUT2D eigenvalue weighted by molar-refractivity contribution is -0.536. The second-order valence-corrected chi connectivity index (χ2v) is 5.03. The minimum Gasteiger partial charge on any atom is -0.308 e. The van der Waals surface area contributed by atoms with E-state index in [4.69, 9.17) is 5.41 Å². The van der Waals surface area contributed by atoms with Gasteiger partial charge in [-0.25, -0.2) is 17.6 Å². The lowest BCUT2D eigenvalue weighted by Crippen LogP contribution is -2.76. The number of halogens is 4. The molecule has 0 amide bonds. The lowest BCUT2D eigenvalue weighted by atomic mass is 10.0. The van der Waals surface area contributed by atoms with Gasteiger partial charge in [0.2, 0.25) is 5.82 Å². The molecule has 1 aromatic heterocycles. The molecule has 2 aromatic rings. The van der Waals surface area contributed by atoms with Crippen molar-refractivity contribution in [2.45, 2.75) is 0 Å². The smallest absolute Gasteiger partial charge is 0.230 e. The summed E-state index contributed by atoms with van der Waals surface area (Å²) in [6.45, 7) is 0. The number of rotatable bonds is 3. The number of aromatic nitrogens is 1. The zero-order valence-electron chi connectivity index (χ0n) is 12.6. The molecule has 126 valence electrons.